The van der Waals surface area contributed by atoms with Crippen LogP contribution in [0, 0.1) is 0 Å². The van der Waals surface area contributed by atoms with Gasteiger partial charge in [0.1, 0.15) is 5.75 Å². The van der Waals surface area contributed by atoms with Crippen molar-refractivity contribution < 1.29 is 9.84 Å². The summed E-state index contributed by atoms with van der Waals surface area (Å²) in [7, 11) is 0. The largest absolute Gasteiger partial charge is 0.493 e. The maximum atomic E-state index is 9.95. The Morgan fingerprint density at radius 3 is 3.20 bits per heavy atom. The highest BCUT2D eigenvalue weighted by atomic mass is 16.5. The van der Waals surface area contributed by atoms with E-state index in [2.05, 4.69) is 4.98 Å². The Hall–Kier alpha value is -1.61. The van der Waals surface area contributed by atoms with Gasteiger partial charge in [-0.1, -0.05) is 6.07 Å². The molecule has 0 saturated carbocycles. The lowest BCUT2D eigenvalue weighted by molar-refractivity contribution is 0.117. The molecule has 2 heterocycles. The average molecular weight is 201 g/mol. The third-order valence-electron chi connectivity index (χ3n) is 2.77. The number of nitrogens with zero attached hydrogens (tertiary/aromatic N) is 1. The third kappa shape index (κ3) is 1.27. The highest BCUT2D eigenvalue weighted by Crippen LogP contribution is 2.36. The SMILES string of the molecule is OC1CCOc2ccc3ncccc3c21. The lowest BCUT2D eigenvalue weighted by Gasteiger charge is -2.23. The van der Waals surface area contributed by atoms with E-state index < -0.39 is 6.10 Å². The maximum Gasteiger partial charge on any atom is 0.125 e. The van der Waals surface area contributed by atoms with Gasteiger partial charge in [0.2, 0.25) is 0 Å². The molecule has 15 heavy (non-hydrogen) atoms. The van der Waals surface area contributed by atoms with Crippen LogP contribution in [-0.4, -0.2) is 16.7 Å². The fourth-order valence-corrected chi connectivity index (χ4v) is 2.05. The summed E-state index contributed by atoms with van der Waals surface area (Å²) in [4.78, 5) is 4.26. The second-order valence-electron chi connectivity index (χ2n) is 3.70. The van der Waals surface area contributed by atoms with Crippen molar-refractivity contribution in [2.24, 2.45) is 0 Å². The molecule has 0 radical (unpaired) electrons. The summed E-state index contributed by atoms with van der Waals surface area (Å²) >= 11 is 0. The smallest absolute Gasteiger partial charge is 0.125 e. The fraction of sp³-hybridized carbons (Fsp3) is 0.250. The normalized spacial score (nSPS) is 19.7. The second-order valence-corrected chi connectivity index (χ2v) is 3.70. The summed E-state index contributed by atoms with van der Waals surface area (Å²) < 4.78 is 5.51. The van der Waals surface area contributed by atoms with Crippen LogP contribution in [0.25, 0.3) is 10.9 Å². The van der Waals surface area contributed by atoms with Crippen LogP contribution in [0.1, 0.15) is 18.1 Å². The van der Waals surface area contributed by atoms with Crippen LogP contribution in [0.4, 0.5) is 0 Å². The molecule has 1 aromatic heterocycles. The Balaban J connectivity index is 2.35. The van der Waals surface area contributed by atoms with Crippen LogP contribution >= 0.6 is 0 Å². The van der Waals surface area contributed by atoms with Crippen LogP contribution in [0.5, 0.6) is 5.75 Å². The molecule has 0 saturated heterocycles. The van der Waals surface area contributed by atoms with Gasteiger partial charge in [-0.05, 0) is 18.2 Å². The molecule has 0 fully saturated rings. The number of aliphatic hydroxyl groups is 1. The van der Waals surface area contributed by atoms with Crippen LogP contribution in [0.3, 0.4) is 0 Å². The van der Waals surface area contributed by atoms with Crippen molar-refractivity contribution in [1.29, 1.82) is 0 Å². The van der Waals surface area contributed by atoms with E-state index in [4.69, 9.17) is 4.74 Å². The van der Waals surface area contributed by atoms with Crippen molar-refractivity contribution in [3.63, 3.8) is 0 Å². The summed E-state index contributed by atoms with van der Waals surface area (Å²) in [6, 6.07) is 7.66. The van der Waals surface area contributed by atoms with Gasteiger partial charge in [-0.2, -0.15) is 0 Å². The number of hydrogen-bond acceptors (Lipinski definition) is 3. The van der Waals surface area contributed by atoms with Gasteiger partial charge in [0.05, 0.1) is 18.2 Å². The number of hydrogen-bond donors (Lipinski definition) is 1. The van der Waals surface area contributed by atoms with E-state index in [1.807, 2.05) is 24.3 Å². The van der Waals surface area contributed by atoms with Crippen molar-refractivity contribution in [3.8, 4) is 5.75 Å². The molecule has 3 nitrogen and oxygen atoms in total. The van der Waals surface area contributed by atoms with Crippen LogP contribution in [0.15, 0.2) is 30.5 Å². The Morgan fingerprint density at radius 1 is 1.33 bits per heavy atom. The molecule has 1 atom stereocenters. The number of ether oxygens (including phenoxy) is 1. The molecule has 1 aliphatic heterocycles. The summed E-state index contributed by atoms with van der Waals surface area (Å²) in [6.07, 6.45) is 1.98. The molecular formula is C12H11NO2. The van der Waals surface area contributed by atoms with Crippen LogP contribution in [-0.2, 0) is 0 Å². The minimum absolute atomic E-state index is 0.429. The summed E-state index contributed by atoms with van der Waals surface area (Å²) in [5, 5.41) is 10.9. The lowest BCUT2D eigenvalue weighted by Crippen LogP contribution is -2.14. The summed E-state index contributed by atoms with van der Waals surface area (Å²) in [6.45, 7) is 0.583. The molecule has 2 aromatic rings. The second kappa shape index (κ2) is 3.21. The Kier molecular flexibility index (Phi) is 1.86. The fourth-order valence-electron chi connectivity index (χ4n) is 2.05. The van der Waals surface area contributed by atoms with E-state index in [0.29, 0.717) is 13.0 Å². The van der Waals surface area contributed by atoms with Crippen molar-refractivity contribution in [2.75, 3.05) is 6.61 Å². The van der Waals surface area contributed by atoms with Gasteiger partial charge in [-0.15, -0.1) is 0 Å². The van der Waals surface area contributed by atoms with Gasteiger partial charge >= 0.3 is 0 Å². The van der Waals surface area contributed by atoms with Gasteiger partial charge in [0.15, 0.2) is 0 Å². The number of aliphatic hydroxyl groups excluding tert-OH is 1. The number of pyridine rings is 1. The maximum absolute atomic E-state index is 9.95. The van der Waals surface area contributed by atoms with Crippen molar-refractivity contribution >= 4 is 10.9 Å². The minimum atomic E-state index is -0.429. The van der Waals surface area contributed by atoms with Gasteiger partial charge in [-0.25, -0.2) is 0 Å². The minimum Gasteiger partial charge on any atom is -0.493 e. The molecular weight excluding hydrogens is 190 g/mol. The van der Waals surface area contributed by atoms with E-state index in [0.717, 1.165) is 22.2 Å². The predicted molar refractivity (Wildman–Crippen MR) is 56.8 cm³/mol. The van der Waals surface area contributed by atoms with E-state index >= 15 is 0 Å². The van der Waals surface area contributed by atoms with Gasteiger partial charge in [0, 0.05) is 23.6 Å². The molecule has 3 rings (SSSR count). The Labute approximate surface area is 87.3 Å². The molecule has 1 N–H and O–H groups in total. The third-order valence-corrected chi connectivity index (χ3v) is 2.77. The molecule has 76 valence electrons. The molecule has 3 heteroatoms. The molecule has 0 bridgehead atoms. The van der Waals surface area contributed by atoms with Crippen LogP contribution < -0.4 is 4.74 Å². The first-order valence-electron chi connectivity index (χ1n) is 5.05. The van der Waals surface area contributed by atoms with E-state index in [9.17, 15) is 5.11 Å². The first kappa shape index (κ1) is 8.68. The molecule has 0 spiro atoms. The van der Waals surface area contributed by atoms with E-state index in [1.165, 1.54) is 0 Å². The number of aromatic nitrogens is 1. The zero-order valence-electron chi connectivity index (χ0n) is 8.18. The molecule has 1 aromatic carbocycles. The monoisotopic (exact) mass is 201 g/mol. The predicted octanol–water partition coefficient (Wildman–Crippen LogP) is 2.05. The highest BCUT2D eigenvalue weighted by molar-refractivity contribution is 5.85. The standard InChI is InChI=1S/C12H11NO2/c14-10-5-7-15-11-4-3-9-8(12(10)11)2-1-6-13-9/h1-4,6,10,14H,5,7H2. The quantitative estimate of drug-likeness (QED) is 0.709. The Morgan fingerprint density at radius 2 is 2.27 bits per heavy atom. The zero-order valence-corrected chi connectivity index (χ0v) is 8.18. The molecule has 0 amide bonds. The van der Waals surface area contributed by atoms with Crippen molar-refractivity contribution in [3.05, 3.63) is 36.0 Å². The number of benzene rings is 1. The van der Waals surface area contributed by atoms with E-state index in [1.54, 1.807) is 6.20 Å². The zero-order chi connectivity index (χ0) is 10.3. The molecule has 1 aliphatic rings. The van der Waals surface area contributed by atoms with Gasteiger partial charge in [0.25, 0.3) is 0 Å². The van der Waals surface area contributed by atoms with Crippen LogP contribution in [0.2, 0.25) is 0 Å². The summed E-state index contributed by atoms with van der Waals surface area (Å²) in [5.74, 6) is 0.786. The van der Waals surface area contributed by atoms with Crippen molar-refractivity contribution in [1.82, 2.24) is 4.98 Å². The Bertz CT molecular complexity index is 510. The molecule has 1 unspecified atom stereocenters. The lowest BCUT2D eigenvalue weighted by atomic mass is 9.98. The first-order chi connectivity index (χ1) is 7.36. The van der Waals surface area contributed by atoms with Gasteiger partial charge in [-0.3, -0.25) is 4.98 Å². The topological polar surface area (TPSA) is 42.4 Å². The summed E-state index contributed by atoms with van der Waals surface area (Å²) in [5.41, 5.74) is 1.78. The number of rotatable bonds is 0. The first-order valence-corrected chi connectivity index (χ1v) is 5.05. The van der Waals surface area contributed by atoms with Gasteiger partial charge < -0.3 is 9.84 Å². The number of fused-ring (bicyclic) bond motifs is 3. The van der Waals surface area contributed by atoms with Crippen molar-refractivity contribution in [2.45, 2.75) is 12.5 Å². The molecule has 0 aliphatic carbocycles. The van der Waals surface area contributed by atoms with E-state index in [-0.39, 0.29) is 0 Å². The highest BCUT2D eigenvalue weighted by Gasteiger charge is 2.21. The average Bonchev–Trinajstić information content (AvgIpc) is 2.29.